The summed E-state index contributed by atoms with van der Waals surface area (Å²) in [6, 6.07) is 14.4. The fourth-order valence-corrected chi connectivity index (χ4v) is 3.91. The van der Waals surface area contributed by atoms with Crippen molar-refractivity contribution in [1.29, 1.82) is 0 Å². The third-order valence-electron chi connectivity index (χ3n) is 5.46. The smallest absolute Gasteiger partial charge is 0.117 e. The van der Waals surface area contributed by atoms with E-state index in [9.17, 15) is 0 Å². The van der Waals surface area contributed by atoms with Gasteiger partial charge in [0.15, 0.2) is 0 Å². The molecular formula is C22H28N4O. The number of furan rings is 1. The Hall–Kier alpha value is -2.37. The van der Waals surface area contributed by atoms with E-state index in [1.807, 2.05) is 12.1 Å². The maximum Gasteiger partial charge on any atom is 0.117 e. The normalized spacial score (nSPS) is 16.5. The number of para-hydroxylation sites is 1. The minimum absolute atomic E-state index is 0.908. The van der Waals surface area contributed by atoms with Crippen molar-refractivity contribution in [2.45, 2.75) is 33.4 Å². The lowest BCUT2D eigenvalue weighted by Crippen LogP contribution is -2.30. The molecule has 5 nitrogen and oxygen atoms in total. The highest BCUT2D eigenvalue weighted by molar-refractivity contribution is 5.36. The predicted octanol–water partition coefficient (Wildman–Crippen LogP) is 3.79. The topological polar surface area (TPSA) is 37.4 Å². The van der Waals surface area contributed by atoms with Crippen LogP contribution in [0, 0.1) is 13.8 Å². The molecule has 1 saturated heterocycles. The van der Waals surface area contributed by atoms with Gasteiger partial charge in [0.05, 0.1) is 24.2 Å². The van der Waals surface area contributed by atoms with Gasteiger partial charge in [0.1, 0.15) is 5.76 Å². The molecule has 0 bridgehead atoms. The summed E-state index contributed by atoms with van der Waals surface area (Å²) in [5, 5.41) is 4.80. The van der Waals surface area contributed by atoms with Gasteiger partial charge in [-0.1, -0.05) is 18.2 Å². The summed E-state index contributed by atoms with van der Waals surface area (Å²) in [6.45, 7) is 10.6. The Morgan fingerprint density at radius 3 is 2.33 bits per heavy atom. The van der Waals surface area contributed by atoms with Crippen LogP contribution in [0.4, 0.5) is 0 Å². The molecule has 3 aromatic rings. The highest BCUT2D eigenvalue weighted by Crippen LogP contribution is 2.20. The van der Waals surface area contributed by atoms with Crippen LogP contribution in [-0.2, 0) is 13.1 Å². The van der Waals surface area contributed by atoms with Crippen molar-refractivity contribution in [3.63, 3.8) is 0 Å². The third kappa shape index (κ3) is 4.15. The van der Waals surface area contributed by atoms with E-state index < -0.39 is 0 Å². The number of rotatable bonds is 5. The zero-order chi connectivity index (χ0) is 18.6. The van der Waals surface area contributed by atoms with Crippen LogP contribution in [-0.4, -0.2) is 45.8 Å². The molecule has 142 valence electrons. The lowest BCUT2D eigenvalue weighted by molar-refractivity contribution is 0.234. The lowest BCUT2D eigenvalue weighted by atomic mass is 10.1. The van der Waals surface area contributed by atoms with Crippen LogP contribution in [0.25, 0.3) is 5.69 Å². The van der Waals surface area contributed by atoms with Gasteiger partial charge in [-0.25, -0.2) is 4.68 Å². The molecule has 0 radical (unpaired) electrons. The van der Waals surface area contributed by atoms with Crippen LogP contribution in [0.2, 0.25) is 0 Å². The van der Waals surface area contributed by atoms with Gasteiger partial charge in [0.25, 0.3) is 0 Å². The fraction of sp³-hybridized carbons (Fsp3) is 0.409. The van der Waals surface area contributed by atoms with Crippen molar-refractivity contribution < 1.29 is 4.42 Å². The quantitative estimate of drug-likeness (QED) is 0.690. The highest BCUT2D eigenvalue weighted by atomic mass is 16.3. The summed E-state index contributed by atoms with van der Waals surface area (Å²) in [5.41, 5.74) is 4.87. The minimum Gasteiger partial charge on any atom is -0.468 e. The molecule has 5 heteroatoms. The Bertz CT molecular complexity index is 854. The molecule has 0 unspecified atom stereocenters. The van der Waals surface area contributed by atoms with Gasteiger partial charge < -0.3 is 4.42 Å². The zero-order valence-electron chi connectivity index (χ0n) is 16.3. The third-order valence-corrected chi connectivity index (χ3v) is 5.46. The van der Waals surface area contributed by atoms with Crippen molar-refractivity contribution in [2.75, 3.05) is 26.2 Å². The molecule has 1 aromatic carbocycles. The van der Waals surface area contributed by atoms with E-state index in [0.717, 1.165) is 56.4 Å². The lowest BCUT2D eigenvalue weighted by Gasteiger charge is -2.21. The van der Waals surface area contributed by atoms with Crippen molar-refractivity contribution in [3.8, 4) is 5.69 Å². The number of aryl methyl sites for hydroxylation is 1. The number of hydrogen-bond donors (Lipinski definition) is 0. The van der Waals surface area contributed by atoms with Gasteiger partial charge in [-0.2, -0.15) is 5.10 Å². The first-order valence-corrected chi connectivity index (χ1v) is 9.78. The van der Waals surface area contributed by atoms with Crippen molar-refractivity contribution in [3.05, 3.63) is 71.4 Å². The second kappa shape index (κ2) is 8.11. The molecule has 0 aliphatic carbocycles. The maximum atomic E-state index is 5.51. The standard InChI is InChI=1S/C22H28N4O/c1-18-22(19(2)26(23-18)20-8-4-3-5-9-20)17-25-12-7-11-24(13-14-25)16-21-10-6-15-27-21/h3-6,8-10,15H,7,11-14,16-17H2,1-2H3. The molecule has 3 heterocycles. The van der Waals surface area contributed by atoms with Gasteiger partial charge in [-0.3, -0.25) is 9.80 Å². The summed E-state index contributed by atoms with van der Waals surface area (Å²) in [7, 11) is 0. The molecule has 1 fully saturated rings. The number of hydrogen-bond acceptors (Lipinski definition) is 4. The van der Waals surface area contributed by atoms with E-state index in [2.05, 4.69) is 58.7 Å². The molecule has 0 atom stereocenters. The molecule has 1 aliphatic heterocycles. The first-order chi connectivity index (χ1) is 13.2. The van der Waals surface area contributed by atoms with E-state index in [4.69, 9.17) is 9.52 Å². The van der Waals surface area contributed by atoms with Crippen LogP contribution in [0.1, 0.15) is 29.1 Å². The number of nitrogens with zero attached hydrogens (tertiary/aromatic N) is 4. The Labute approximate surface area is 161 Å². The van der Waals surface area contributed by atoms with Crippen LogP contribution >= 0.6 is 0 Å². The number of benzene rings is 1. The fourth-order valence-electron chi connectivity index (χ4n) is 3.91. The molecule has 27 heavy (non-hydrogen) atoms. The Balaban J connectivity index is 1.43. The minimum atomic E-state index is 0.908. The molecular weight excluding hydrogens is 336 g/mol. The Morgan fingerprint density at radius 2 is 1.63 bits per heavy atom. The molecule has 0 spiro atoms. The SMILES string of the molecule is Cc1nn(-c2ccccc2)c(C)c1CN1CCCN(Cc2ccco2)CC1. The monoisotopic (exact) mass is 364 g/mol. The molecule has 2 aromatic heterocycles. The summed E-state index contributed by atoms with van der Waals surface area (Å²) in [6.07, 6.45) is 2.95. The van der Waals surface area contributed by atoms with Crippen molar-refractivity contribution in [2.24, 2.45) is 0 Å². The summed E-state index contributed by atoms with van der Waals surface area (Å²) >= 11 is 0. The van der Waals surface area contributed by atoms with Gasteiger partial charge in [0, 0.05) is 30.9 Å². The largest absolute Gasteiger partial charge is 0.468 e. The van der Waals surface area contributed by atoms with Crippen LogP contribution in [0.15, 0.2) is 53.1 Å². The zero-order valence-corrected chi connectivity index (χ0v) is 16.3. The summed E-state index contributed by atoms with van der Waals surface area (Å²) in [5.74, 6) is 1.05. The van der Waals surface area contributed by atoms with Crippen molar-refractivity contribution in [1.82, 2.24) is 19.6 Å². The molecule has 1 aliphatic rings. The molecule has 0 amide bonds. The Morgan fingerprint density at radius 1 is 0.889 bits per heavy atom. The summed E-state index contributed by atoms with van der Waals surface area (Å²) in [4.78, 5) is 5.06. The molecule has 0 saturated carbocycles. The average Bonchev–Trinajstić information content (AvgIpc) is 3.21. The first-order valence-electron chi connectivity index (χ1n) is 9.78. The van der Waals surface area contributed by atoms with Gasteiger partial charge in [0.2, 0.25) is 0 Å². The maximum absolute atomic E-state index is 5.51. The first kappa shape index (κ1) is 18.0. The number of aromatic nitrogens is 2. The van der Waals surface area contributed by atoms with E-state index in [1.165, 1.54) is 17.7 Å². The van der Waals surface area contributed by atoms with E-state index in [1.54, 1.807) is 6.26 Å². The van der Waals surface area contributed by atoms with Gasteiger partial charge in [-0.15, -0.1) is 0 Å². The van der Waals surface area contributed by atoms with Crippen molar-refractivity contribution >= 4 is 0 Å². The summed E-state index contributed by atoms with van der Waals surface area (Å²) < 4.78 is 7.58. The Kier molecular flexibility index (Phi) is 5.41. The van der Waals surface area contributed by atoms with Gasteiger partial charge in [-0.05, 0) is 57.6 Å². The van der Waals surface area contributed by atoms with E-state index in [-0.39, 0.29) is 0 Å². The second-order valence-corrected chi connectivity index (χ2v) is 7.38. The van der Waals surface area contributed by atoms with Gasteiger partial charge >= 0.3 is 0 Å². The van der Waals surface area contributed by atoms with Crippen LogP contribution in [0.5, 0.6) is 0 Å². The second-order valence-electron chi connectivity index (χ2n) is 7.38. The predicted molar refractivity (Wildman–Crippen MR) is 107 cm³/mol. The highest BCUT2D eigenvalue weighted by Gasteiger charge is 2.19. The molecule has 0 N–H and O–H groups in total. The van der Waals surface area contributed by atoms with Crippen LogP contribution in [0.3, 0.4) is 0 Å². The molecule has 4 rings (SSSR count). The van der Waals surface area contributed by atoms with E-state index in [0.29, 0.717) is 0 Å². The van der Waals surface area contributed by atoms with Crippen LogP contribution < -0.4 is 0 Å². The van der Waals surface area contributed by atoms with E-state index >= 15 is 0 Å². The average molecular weight is 364 g/mol.